The molecule has 2 aromatic carbocycles. The van der Waals surface area contributed by atoms with E-state index in [0.29, 0.717) is 5.02 Å². The Labute approximate surface area is 105 Å². The number of aryl methyl sites for hydroxylation is 1. The van der Waals surface area contributed by atoms with E-state index in [2.05, 4.69) is 0 Å². The van der Waals surface area contributed by atoms with Crippen LogP contribution in [-0.4, -0.2) is 12.2 Å². The van der Waals surface area contributed by atoms with Crippen LogP contribution in [0.1, 0.15) is 5.56 Å². The van der Waals surface area contributed by atoms with Crippen LogP contribution in [0.25, 0.3) is 11.1 Å². The molecule has 0 atom stereocenters. The van der Waals surface area contributed by atoms with Crippen molar-refractivity contribution >= 4 is 11.6 Å². The highest BCUT2D eigenvalue weighted by Gasteiger charge is 2.06. The Balaban J connectivity index is 2.49. The van der Waals surface area contributed by atoms with Crippen LogP contribution in [0.4, 0.5) is 0 Å². The zero-order valence-corrected chi connectivity index (χ0v) is 10.5. The summed E-state index contributed by atoms with van der Waals surface area (Å²) < 4.78 is 5.16. The Morgan fingerprint density at radius 2 is 1.88 bits per heavy atom. The summed E-state index contributed by atoms with van der Waals surface area (Å²) in [6.45, 7) is 2.00. The summed E-state index contributed by atoms with van der Waals surface area (Å²) in [7, 11) is 1.64. The van der Waals surface area contributed by atoms with Crippen molar-refractivity contribution in [3.63, 3.8) is 0 Å². The van der Waals surface area contributed by atoms with E-state index in [1.165, 1.54) is 0 Å². The molecule has 0 fully saturated rings. The van der Waals surface area contributed by atoms with Crippen LogP contribution in [0, 0.1) is 6.92 Å². The highest BCUT2D eigenvalue weighted by Crippen LogP contribution is 2.32. The molecule has 0 amide bonds. The van der Waals surface area contributed by atoms with Crippen molar-refractivity contribution < 1.29 is 9.84 Å². The molecule has 1 N–H and O–H groups in total. The van der Waals surface area contributed by atoms with Gasteiger partial charge in [0.1, 0.15) is 11.5 Å². The molecular formula is C14H13ClO2. The van der Waals surface area contributed by atoms with Crippen molar-refractivity contribution in [2.75, 3.05) is 7.11 Å². The van der Waals surface area contributed by atoms with Crippen LogP contribution in [0.3, 0.4) is 0 Å². The van der Waals surface area contributed by atoms with Gasteiger partial charge in [-0.05, 0) is 47.9 Å². The molecule has 0 aromatic heterocycles. The maximum absolute atomic E-state index is 9.60. The van der Waals surface area contributed by atoms with Crippen molar-refractivity contribution in [1.29, 1.82) is 0 Å². The fraction of sp³-hybridized carbons (Fsp3) is 0.143. The van der Waals surface area contributed by atoms with Crippen LogP contribution < -0.4 is 4.74 Å². The maximum Gasteiger partial charge on any atom is 0.134 e. The predicted molar refractivity (Wildman–Crippen MR) is 69.8 cm³/mol. The molecule has 2 rings (SSSR count). The number of phenols is 1. The minimum atomic E-state index is 0.0967. The monoisotopic (exact) mass is 248 g/mol. The molecule has 2 nitrogen and oxygen atoms in total. The second kappa shape index (κ2) is 4.68. The van der Waals surface area contributed by atoms with Crippen molar-refractivity contribution in [2.24, 2.45) is 0 Å². The molecule has 0 bridgehead atoms. The highest BCUT2D eigenvalue weighted by molar-refractivity contribution is 6.32. The first-order valence-electron chi connectivity index (χ1n) is 5.25. The van der Waals surface area contributed by atoms with E-state index >= 15 is 0 Å². The van der Waals surface area contributed by atoms with Gasteiger partial charge in [0.25, 0.3) is 0 Å². The molecule has 0 aliphatic rings. The minimum absolute atomic E-state index is 0.0967. The lowest BCUT2D eigenvalue weighted by molar-refractivity contribution is 0.414. The smallest absolute Gasteiger partial charge is 0.134 e. The van der Waals surface area contributed by atoms with E-state index in [-0.39, 0.29) is 5.75 Å². The minimum Gasteiger partial charge on any atom is -0.506 e. The second-order valence-electron chi connectivity index (χ2n) is 3.85. The summed E-state index contributed by atoms with van der Waals surface area (Å²) in [5, 5.41) is 9.96. The summed E-state index contributed by atoms with van der Waals surface area (Å²) in [4.78, 5) is 0. The first-order valence-corrected chi connectivity index (χ1v) is 5.63. The van der Waals surface area contributed by atoms with E-state index in [1.54, 1.807) is 19.2 Å². The third-order valence-electron chi connectivity index (χ3n) is 2.69. The average molecular weight is 249 g/mol. The molecule has 0 aliphatic heterocycles. The topological polar surface area (TPSA) is 29.5 Å². The first kappa shape index (κ1) is 11.8. The van der Waals surface area contributed by atoms with Crippen LogP contribution in [0.2, 0.25) is 5.02 Å². The number of methoxy groups -OCH3 is 1. The van der Waals surface area contributed by atoms with Gasteiger partial charge >= 0.3 is 0 Å². The SMILES string of the molecule is COc1ccc(-c2ccc(Cl)c(O)c2)c(C)c1. The third kappa shape index (κ3) is 2.37. The van der Waals surface area contributed by atoms with Gasteiger partial charge in [-0.1, -0.05) is 23.7 Å². The third-order valence-corrected chi connectivity index (χ3v) is 3.01. The van der Waals surface area contributed by atoms with E-state index in [0.717, 1.165) is 22.4 Å². The lowest BCUT2D eigenvalue weighted by Crippen LogP contribution is -1.87. The van der Waals surface area contributed by atoms with Crippen molar-refractivity contribution in [1.82, 2.24) is 0 Å². The van der Waals surface area contributed by atoms with E-state index in [1.807, 2.05) is 31.2 Å². The molecule has 88 valence electrons. The van der Waals surface area contributed by atoms with Crippen molar-refractivity contribution in [3.05, 3.63) is 47.0 Å². The number of halogens is 1. The molecular weight excluding hydrogens is 236 g/mol. The standard InChI is InChI=1S/C14H13ClO2/c1-9-7-11(17-2)4-5-12(9)10-3-6-13(15)14(16)8-10/h3-8,16H,1-2H3. The van der Waals surface area contributed by atoms with Gasteiger partial charge in [0.15, 0.2) is 0 Å². The number of benzene rings is 2. The Hall–Kier alpha value is -1.67. The van der Waals surface area contributed by atoms with Crippen LogP contribution in [-0.2, 0) is 0 Å². The van der Waals surface area contributed by atoms with Gasteiger partial charge in [0, 0.05) is 0 Å². The Kier molecular flexibility index (Phi) is 3.25. The fourth-order valence-electron chi connectivity index (χ4n) is 1.77. The molecule has 0 aliphatic carbocycles. The summed E-state index contributed by atoms with van der Waals surface area (Å²) in [6.07, 6.45) is 0. The molecule has 2 aromatic rings. The van der Waals surface area contributed by atoms with Gasteiger partial charge < -0.3 is 9.84 Å². The predicted octanol–water partition coefficient (Wildman–Crippen LogP) is 4.03. The van der Waals surface area contributed by atoms with Crippen molar-refractivity contribution in [2.45, 2.75) is 6.92 Å². The zero-order chi connectivity index (χ0) is 12.4. The number of hydrogen-bond acceptors (Lipinski definition) is 2. The molecule has 17 heavy (non-hydrogen) atoms. The van der Waals surface area contributed by atoms with Gasteiger partial charge in [-0.2, -0.15) is 0 Å². The average Bonchev–Trinajstić information content (AvgIpc) is 2.32. The van der Waals surface area contributed by atoms with E-state index < -0.39 is 0 Å². The number of rotatable bonds is 2. The lowest BCUT2D eigenvalue weighted by Gasteiger charge is -2.09. The summed E-state index contributed by atoms with van der Waals surface area (Å²) in [5.41, 5.74) is 3.08. The lowest BCUT2D eigenvalue weighted by atomic mass is 10.0. The van der Waals surface area contributed by atoms with E-state index in [9.17, 15) is 5.11 Å². The molecule has 0 saturated carbocycles. The highest BCUT2D eigenvalue weighted by atomic mass is 35.5. The number of phenolic OH excluding ortho intramolecular Hbond substituents is 1. The van der Waals surface area contributed by atoms with Gasteiger partial charge in [-0.25, -0.2) is 0 Å². The number of ether oxygens (including phenoxy) is 1. The molecule has 0 unspecified atom stereocenters. The number of hydrogen-bond donors (Lipinski definition) is 1. The zero-order valence-electron chi connectivity index (χ0n) is 9.70. The van der Waals surface area contributed by atoms with Crippen molar-refractivity contribution in [3.8, 4) is 22.6 Å². The summed E-state index contributed by atoms with van der Waals surface area (Å²) in [5.74, 6) is 0.920. The van der Waals surface area contributed by atoms with Crippen LogP contribution >= 0.6 is 11.6 Å². The van der Waals surface area contributed by atoms with Gasteiger partial charge in [0.05, 0.1) is 12.1 Å². The Bertz CT molecular complexity index is 550. The molecule has 0 spiro atoms. The van der Waals surface area contributed by atoms with Gasteiger partial charge in [-0.3, -0.25) is 0 Å². The Morgan fingerprint density at radius 1 is 1.12 bits per heavy atom. The molecule has 3 heteroatoms. The van der Waals surface area contributed by atoms with Gasteiger partial charge in [0.2, 0.25) is 0 Å². The summed E-state index contributed by atoms with van der Waals surface area (Å²) in [6, 6.07) is 11.1. The fourth-order valence-corrected chi connectivity index (χ4v) is 1.88. The molecule has 0 heterocycles. The first-order chi connectivity index (χ1) is 8.11. The van der Waals surface area contributed by atoms with Crippen LogP contribution in [0.5, 0.6) is 11.5 Å². The Morgan fingerprint density at radius 3 is 2.47 bits per heavy atom. The van der Waals surface area contributed by atoms with Crippen LogP contribution in [0.15, 0.2) is 36.4 Å². The number of aromatic hydroxyl groups is 1. The quantitative estimate of drug-likeness (QED) is 0.870. The van der Waals surface area contributed by atoms with E-state index in [4.69, 9.17) is 16.3 Å². The molecule has 0 radical (unpaired) electrons. The maximum atomic E-state index is 9.60. The van der Waals surface area contributed by atoms with Gasteiger partial charge in [-0.15, -0.1) is 0 Å². The normalized spacial score (nSPS) is 10.3. The molecule has 0 saturated heterocycles. The second-order valence-corrected chi connectivity index (χ2v) is 4.25. The summed E-state index contributed by atoms with van der Waals surface area (Å²) >= 11 is 5.79. The largest absolute Gasteiger partial charge is 0.506 e.